The van der Waals surface area contributed by atoms with E-state index in [1.54, 1.807) is 0 Å². The SMILES string of the molecule is COC(=O)CCCS(=O)(=O)NCCN(C)C. The Bertz CT molecular complexity index is 301. The molecule has 0 aromatic rings. The maximum Gasteiger partial charge on any atom is 0.305 e. The van der Waals surface area contributed by atoms with Crippen LogP contribution < -0.4 is 4.72 Å². The Balaban J connectivity index is 3.75. The zero-order valence-electron chi connectivity index (χ0n) is 10.0. The quantitative estimate of drug-likeness (QED) is 0.585. The van der Waals surface area contributed by atoms with Gasteiger partial charge < -0.3 is 9.64 Å². The number of carbonyl (C=O) groups excluding carboxylic acids is 1. The molecule has 0 saturated heterocycles. The highest BCUT2D eigenvalue weighted by atomic mass is 32.2. The summed E-state index contributed by atoms with van der Waals surface area (Å²) < 4.78 is 29.7. The Morgan fingerprint density at radius 3 is 2.50 bits per heavy atom. The number of esters is 1. The summed E-state index contributed by atoms with van der Waals surface area (Å²) in [6, 6.07) is 0. The summed E-state index contributed by atoms with van der Waals surface area (Å²) in [7, 11) is 1.75. The maximum absolute atomic E-state index is 11.4. The number of nitrogens with one attached hydrogen (secondary N) is 1. The molecule has 0 aliphatic carbocycles. The fraction of sp³-hybridized carbons (Fsp3) is 0.889. The second-order valence-electron chi connectivity index (χ2n) is 3.70. The molecule has 96 valence electrons. The second-order valence-corrected chi connectivity index (χ2v) is 5.62. The molecule has 0 aromatic carbocycles. The Hall–Kier alpha value is -0.660. The molecule has 0 spiro atoms. The molecule has 7 heteroatoms. The molecule has 0 saturated carbocycles. The average molecular weight is 252 g/mol. The number of ether oxygens (including phenoxy) is 1. The average Bonchev–Trinajstić information content (AvgIpc) is 2.16. The lowest BCUT2D eigenvalue weighted by Gasteiger charge is -2.10. The highest BCUT2D eigenvalue weighted by Gasteiger charge is 2.10. The standard InChI is InChI=1S/C9H20N2O4S/c1-11(2)7-6-10-16(13,14)8-4-5-9(12)15-3/h10H,4-8H2,1-3H3. The minimum atomic E-state index is -3.27. The second kappa shape index (κ2) is 7.59. The van der Waals surface area contributed by atoms with E-state index in [2.05, 4.69) is 9.46 Å². The number of sulfonamides is 1. The van der Waals surface area contributed by atoms with Crippen LogP contribution in [-0.4, -0.2) is 59.3 Å². The van der Waals surface area contributed by atoms with Gasteiger partial charge in [-0.3, -0.25) is 4.79 Å². The summed E-state index contributed by atoms with van der Waals surface area (Å²) in [5.41, 5.74) is 0. The van der Waals surface area contributed by atoms with E-state index in [1.165, 1.54) is 7.11 Å². The van der Waals surface area contributed by atoms with Crippen LogP contribution in [0.25, 0.3) is 0 Å². The molecular formula is C9H20N2O4S. The predicted molar refractivity (Wildman–Crippen MR) is 61.6 cm³/mol. The van der Waals surface area contributed by atoms with E-state index in [0.29, 0.717) is 13.1 Å². The minimum Gasteiger partial charge on any atom is -0.469 e. The van der Waals surface area contributed by atoms with Crippen LogP contribution >= 0.6 is 0 Å². The van der Waals surface area contributed by atoms with Crippen molar-refractivity contribution < 1.29 is 17.9 Å². The van der Waals surface area contributed by atoms with E-state index in [4.69, 9.17) is 0 Å². The van der Waals surface area contributed by atoms with Gasteiger partial charge in [0.25, 0.3) is 0 Å². The first kappa shape index (κ1) is 15.3. The molecule has 0 heterocycles. The Kier molecular flexibility index (Phi) is 7.27. The molecule has 0 unspecified atom stereocenters. The molecule has 6 nitrogen and oxygen atoms in total. The molecular weight excluding hydrogens is 232 g/mol. The van der Waals surface area contributed by atoms with Crippen molar-refractivity contribution in [1.82, 2.24) is 9.62 Å². The zero-order valence-corrected chi connectivity index (χ0v) is 10.8. The summed E-state index contributed by atoms with van der Waals surface area (Å²) in [6.45, 7) is 1.03. The molecule has 0 bridgehead atoms. The lowest BCUT2D eigenvalue weighted by Crippen LogP contribution is -2.33. The van der Waals surface area contributed by atoms with Crippen LogP contribution in [0.4, 0.5) is 0 Å². The van der Waals surface area contributed by atoms with Crippen molar-refractivity contribution >= 4 is 16.0 Å². The summed E-state index contributed by atoms with van der Waals surface area (Å²) in [4.78, 5) is 12.6. The van der Waals surface area contributed by atoms with Crippen LogP contribution in [-0.2, 0) is 19.6 Å². The smallest absolute Gasteiger partial charge is 0.305 e. The Labute approximate surface area is 97.0 Å². The first-order chi connectivity index (χ1) is 7.37. The lowest BCUT2D eigenvalue weighted by molar-refractivity contribution is -0.140. The lowest BCUT2D eigenvalue weighted by atomic mass is 10.3. The number of hydrogen-bond acceptors (Lipinski definition) is 5. The van der Waals surface area contributed by atoms with E-state index in [-0.39, 0.29) is 24.6 Å². The van der Waals surface area contributed by atoms with Gasteiger partial charge >= 0.3 is 5.97 Å². The van der Waals surface area contributed by atoms with Crippen molar-refractivity contribution in [2.24, 2.45) is 0 Å². The van der Waals surface area contributed by atoms with Gasteiger partial charge in [-0.15, -0.1) is 0 Å². The van der Waals surface area contributed by atoms with Gasteiger partial charge in [0.2, 0.25) is 10.0 Å². The van der Waals surface area contributed by atoms with Gasteiger partial charge in [0.1, 0.15) is 0 Å². The van der Waals surface area contributed by atoms with Crippen molar-refractivity contribution in [2.45, 2.75) is 12.8 Å². The summed E-state index contributed by atoms with van der Waals surface area (Å²) >= 11 is 0. The van der Waals surface area contributed by atoms with Gasteiger partial charge in [-0.2, -0.15) is 0 Å². The number of carbonyl (C=O) groups is 1. The van der Waals surface area contributed by atoms with Crippen molar-refractivity contribution in [3.8, 4) is 0 Å². The van der Waals surface area contributed by atoms with Crippen LogP contribution in [0.5, 0.6) is 0 Å². The molecule has 0 atom stereocenters. The Morgan fingerprint density at radius 2 is 2.00 bits per heavy atom. The Morgan fingerprint density at radius 1 is 1.38 bits per heavy atom. The first-order valence-corrected chi connectivity index (χ1v) is 6.71. The van der Waals surface area contributed by atoms with Crippen molar-refractivity contribution in [2.75, 3.05) is 40.0 Å². The van der Waals surface area contributed by atoms with E-state index in [9.17, 15) is 13.2 Å². The van der Waals surface area contributed by atoms with E-state index in [1.807, 2.05) is 19.0 Å². The van der Waals surface area contributed by atoms with Crippen molar-refractivity contribution in [3.05, 3.63) is 0 Å². The molecule has 0 fully saturated rings. The molecule has 0 rings (SSSR count). The third kappa shape index (κ3) is 8.63. The van der Waals surface area contributed by atoms with E-state index < -0.39 is 10.0 Å². The molecule has 0 aromatic heterocycles. The normalized spacial score (nSPS) is 11.8. The summed E-state index contributed by atoms with van der Waals surface area (Å²) in [6.07, 6.45) is 0.412. The minimum absolute atomic E-state index is 0.0461. The van der Waals surface area contributed by atoms with Crippen LogP contribution in [0, 0.1) is 0 Å². The van der Waals surface area contributed by atoms with Crippen LogP contribution in [0.2, 0.25) is 0 Å². The highest BCUT2D eigenvalue weighted by Crippen LogP contribution is 1.96. The third-order valence-electron chi connectivity index (χ3n) is 1.90. The maximum atomic E-state index is 11.4. The van der Waals surface area contributed by atoms with Gasteiger partial charge in [0, 0.05) is 19.5 Å². The van der Waals surface area contributed by atoms with Gasteiger partial charge in [-0.25, -0.2) is 13.1 Å². The van der Waals surface area contributed by atoms with Crippen LogP contribution in [0.15, 0.2) is 0 Å². The fourth-order valence-electron chi connectivity index (χ4n) is 1.01. The molecule has 16 heavy (non-hydrogen) atoms. The van der Waals surface area contributed by atoms with E-state index >= 15 is 0 Å². The number of likely N-dealkylation sites (N-methyl/N-ethyl adjacent to an activating group) is 1. The van der Waals surface area contributed by atoms with Gasteiger partial charge in [0.15, 0.2) is 0 Å². The third-order valence-corrected chi connectivity index (χ3v) is 3.37. The molecule has 0 aliphatic heterocycles. The fourth-order valence-corrected chi connectivity index (χ4v) is 2.08. The van der Waals surface area contributed by atoms with Gasteiger partial charge in [0.05, 0.1) is 12.9 Å². The van der Waals surface area contributed by atoms with Crippen LogP contribution in [0.1, 0.15) is 12.8 Å². The monoisotopic (exact) mass is 252 g/mol. The van der Waals surface area contributed by atoms with Crippen molar-refractivity contribution in [3.63, 3.8) is 0 Å². The van der Waals surface area contributed by atoms with Crippen LogP contribution in [0.3, 0.4) is 0 Å². The highest BCUT2D eigenvalue weighted by molar-refractivity contribution is 7.89. The summed E-state index contributed by atoms with van der Waals surface area (Å²) in [5.74, 6) is -0.432. The number of nitrogens with zero attached hydrogens (tertiary/aromatic N) is 1. The first-order valence-electron chi connectivity index (χ1n) is 5.06. The molecule has 1 N–H and O–H groups in total. The number of hydrogen-bond donors (Lipinski definition) is 1. The van der Waals surface area contributed by atoms with Crippen molar-refractivity contribution in [1.29, 1.82) is 0 Å². The zero-order chi connectivity index (χ0) is 12.6. The van der Waals surface area contributed by atoms with Gasteiger partial charge in [-0.1, -0.05) is 0 Å². The topological polar surface area (TPSA) is 75.7 Å². The van der Waals surface area contributed by atoms with Gasteiger partial charge in [-0.05, 0) is 20.5 Å². The molecule has 0 radical (unpaired) electrons. The van der Waals surface area contributed by atoms with E-state index in [0.717, 1.165) is 0 Å². The molecule has 0 aliphatic rings. The molecule has 0 amide bonds. The largest absolute Gasteiger partial charge is 0.469 e. The number of methoxy groups -OCH3 is 1. The summed E-state index contributed by atoms with van der Waals surface area (Å²) in [5, 5.41) is 0. The number of rotatable bonds is 8. The predicted octanol–water partition coefficient (Wildman–Crippen LogP) is -0.579.